The number of hydrogen-bond acceptors (Lipinski definition) is 2. The van der Waals surface area contributed by atoms with Crippen molar-refractivity contribution in [3.8, 4) is 0 Å². The van der Waals surface area contributed by atoms with Crippen molar-refractivity contribution in [2.24, 2.45) is 0 Å². The van der Waals surface area contributed by atoms with Crippen LogP contribution < -0.4 is 0 Å². The average Bonchev–Trinajstić information content (AvgIpc) is 2.89. The van der Waals surface area contributed by atoms with Crippen LogP contribution in [0, 0.1) is 21.7 Å². The number of nitro groups is 1. The summed E-state index contributed by atoms with van der Waals surface area (Å²) in [5.74, 6) is -2.12. The molecular weight excluding hydrogens is 192 g/mol. The quantitative estimate of drug-likeness (QED) is 0.540. The third-order valence-electron chi connectivity index (χ3n) is 2.40. The van der Waals surface area contributed by atoms with Crippen LogP contribution in [-0.2, 0) is 0 Å². The Morgan fingerprint density at radius 1 is 1.36 bits per heavy atom. The molecular formula is C9H7F2NO2. The first-order valence-electron chi connectivity index (χ1n) is 4.18. The molecule has 0 heterocycles. The van der Waals surface area contributed by atoms with Gasteiger partial charge in [-0.1, -0.05) is 6.07 Å². The van der Waals surface area contributed by atoms with Gasteiger partial charge in [-0.2, -0.15) is 0 Å². The molecule has 1 aliphatic carbocycles. The third kappa shape index (κ3) is 1.45. The topological polar surface area (TPSA) is 43.1 Å². The summed E-state index contributed by atoms with van der Waals surface area (Å²) in [4.78, 5) is 9.95. The Balaban J connectivity index is 2.20. The molecule has 0 bridgehead atoms. The lowest BCUT2D eigenvalue weighted by Gasteiger charge is -1.97. The van der Waals surface area contributed by atoms with Gasteiger partial charge in [-0.3, -0.25) is 10.1 Å². The van der Waals surface area contributed by atoms with E-state index >= 15 is 0 Å². The van der Waals surface area contributed by atoms with Crippen molar-refractivity contribution in [3.63, 3.8) is 0 Å². The highest BCUT2D eigenvalue weighted by atomic mass is 19.2. The van der Waals surface area contributed by atoms with Crippen molar-refractivity contribution in [1.29, 1.82) is 0 Å². The Morgan fingerprint density at radius 3 is 2.57 bits per heavy atom. The Labute approximate surface area is 78.5 Å². The van der Waals surface area contributed by atoms with E-state index in [0.29, 0.717) is 12.0 Å². The molecule has 3 nitrogen and oxygen atoms in total. The molecule has 74 valence electrons. The molecule has 0 spiro atoms. The van der Waals surface area contributed by atoms with E-state index in [-0.39, 0.29) is 10.8 Å². The molecule has 1 saturated carbocycles. The molecule has 1 aliphatic rings. The van der Waals surface area contributed by atoms with Gasteiger partial charge in [-0.25, -0.2) is 8.78 Å². The zero-order chi connectivity index (χ0) is 10.3. The second kappa shape index (κ2) is 3.01. The van der Waals surface area contributed by atoms with E-state index in [2.05, 4.69) is 0 Å². The van der Waals surface area contributed by atoms with Crippen molar-refractivity contribution in [3.05, 3.63) is 45.5 Å². The lowest BCUT2D eigenvalue weighted by Crippen LogP contribution is -2.03. The van der Waals surface area contributed by atoms with Crippen LogP contribution in [0.3, 0.4) is 0 Å². The van der Waals surface area contributed by atoms with Crippen molar-refractivity contribution in [1.82, 2.24) is 0 Å². The third-order valence-corrected chi connectivity index (χ3v) is 2.40. The van der Waals surface area contributed by atoms with E-state index in [4.69, 9.17) is 0 Å². The van der Waals surface area contributed by atoms with Crippen molar-refractivity contribution < 1.29 is 13.7 Å². The van der Waals surface area contributed by atoms with Gasteiger partial charge >= 0.3 is 0 Å². The molecule has 0 aliphatic heterocycles. The second-order valence-corrected chi connectivity index (χ2v) is 3.37. The number of hydrogen-bond donors (Lipinski definition) is 0. The Bertz CT molecular complexity index is 394. The zero-order valence-corrected chi connectivity index (χ0v) is 7.11. The molecule has 2 rings (SSSR count). The molecule has 0 N–H and O–H groups in total. The van der Waals surface area contributed by atoms with Crippen LogP contribution in [-0.4, -0.2) is 11.0 Å². The summed E-state index contributed by atoms with van der Waals surface area (Å²) >= 11 is 0. The van der Waals surface area contributed by atoms with E-state index in [1.54, 1.807) is 0 Å². The summed E-state index contributed by atoms with van der Waals surface area (Å²) in [6.07, 6.45) is 0.415. The number of benzene rings is 1. The highest BCUT2D eigenvalue weighted by molar-refractivity contribution is 5.27. The SMILES string of the molecule is O=[N+]([O-])C1CC1c1ccc(F)c(F)c1. The van der Waals surface area contributed by atoms with E-state index in [1.807, 2.05) is 0 Å². The minimum absolute atomic E-state index is 0.250. The fourth-order valence-electron chi connectivity index (χ4n) is 1.52. The lowest BCUT2D eigenvalue weighted by atomic mass is 10.1. The first-order chi connectivity index (χ1) is 6.59. The summed E-state index contributed by atoms with van der Waals surface area (Å²) < 4.78 is 25.3. The van der Waals surface area contributed by atoms with Gasteiger partial charge in [0.2, 0.25) is 6.04 Å². The smallest absolute Gasteiger partial charge is 0.221 e. The molecule has 5 heteroatoms. The largest absolute Gasteiger partial charge is 0.264 e. The van der Waals surface area contributed by atoms with E-state index in [1.165, 1.54) is 6.07 Å². The summed E-state index contributed by atoms with van der Waals surface area (Å²) in [5, 5.41) is 10.3. The molecule has 0 radical (unpaired) electrons. The molecule has 0 saturated heterocycles. The van der Waals surface area contributed by atoms with Gasteiger partial charge in [-0.15, -0.1) is 0 Å². The monoisotopic (exact) mass is 199 g/mol. The van der Waals surface area contributed by atoms with Gasteiger partial charge in [0.15, 0.2) is 11.6 Å². The fraction of sp³-hybridized carbons (Fsp3) is 0.333. The van der Waals surface area contributed by atoms with E-state index in [0.717, 1.165) is 12.1 Å². The first kappa shape index (κ1) is 9.05. The molecule has 0 amide bonds. The summed E-state index contributed by atoms with van der Waals surface area (Å²) in [6.45, 7) is 0. The maximum atomic E-state index is 12.8. The maximum Gasteiger partial charge on any atom is 0.221 e. The van der Waals surface area contributed by atoms with Crippen molar-refractivity contribution in [2.45, 2.75) is 18.4 Å². The molecule has 1 aromatic carbocycles. The van der Waals surface area contributed by atoms with Crippen LogP contribution in [0.2, 0.25) is 0 Å². The summed E-state index contributed by atoms with van der Waals surface area (Å²) in [6, 6.07) is 2.80. The van der Waals surface area contributed by atoms with Crippen LogP contribution >= 0.6 is 0 Å². The van der Waals surface area contributed by atoms with Crippen molar-refractivity contribution in [2.75, 3.05) is 0 Å². The van der Waals surface area contributed by atoms with Crippen LogP contribution in [0.25, 0.3) is 0 Å². The van der Waals surface area contributed by atoms with Gasteiger partial charge in [0.1, 0.15) is 0 Å². The molecule has 2 atom stereocenters. The zero-order valence-electron chi connectivity index (χ0n) is 7.11. The molecule has 2 unspecified atom stereocenters. The predicted molar refractivity (Wildman–Crippen MR) is 44.5 cm³/mol. The van der Waals surface area contributed by atoms with Gasteiger partial charge in [0.25, 0.3) is 0 Å². The Hall–Kier alpha value is -1.52. The number of nitrogens with zero attached hydrogens (tertiary/aromatic N) is 1. The van der Waals surface area contributed by atoms with Crippen LogP contribution in [0.1, 0.15) is 17.9 Å². The van der Waals surface area contributed by atoms with Crippen molar-refractivity contribution >= 4 is 0 Å². The van der Waals surface area contributed by atoms with E-state index < -0.39 is 17.7 Å². The van der Waals surface area contributed by atoms with Gasteiger partial charge in [-0.05, 0) is 17.7 Å². The standard InChI is InChI=1S/C9H7F2NO2/c10-7-2-1-5(3-8(7)11)6-4-9(6)12(13)14/h1-3,6,9H,4H2. The van der Waals surface area contributed by atoms with Gasteiger partial charge in [0, 0.05) is 11.3 Å². The summed E-state index contributed by atoms with van der Waals surface area (Å²) in [7, 11) is 0. The van der Waals surface area contributed by atoms with Crippen LogP contribution in [0.5, 0.6) is 0 Å². The average molecular weight is 199 g/mol. The highest BCUT2D eigenvalue weighted by Crippen LogP contribution is 2.42. The Morgan fingerprint density at radius 2 is 2.07 bits per heavy atom. The maximum absolute atomic E-state index is 12.8. The number of halogens is 2. The summed E-state index contributed by atoms with van der Waals surface area (Å²) in [5.41, 5.74) is 0.505. The normalized spacial score (nSPS) is 24.7. The molecule has 1 fully saturated rings. The first-order valence-corrected chi connectivity index (χ1v) is 4.18. The minimum atomic E-state index is -0.948. The molecule has 14 heavy (non-hydrogen) atoms. The Kier molecular flexibility index (Phi) is 1.94. The van der Waals surface area contributed by atoms with Crippen LogP contribution in [0.4, 0.5) is 8.78 Å². The highest BCUT2D eigenvalue weighted by Gasteiger charge is 2.49. The molecule has 0 aromatic heterocycles. The number of rotatable bonds is 2. The van der Waals surface area contributed by atoms with E-state index in [9.17, 15) is 18.9 Å². The minimum Gasteiger partial charge on any atom is -0.264 e. The lowest BCUT2D eigenvalue weighted by molar-refractivity contribution is -0.496. The van der Waals surface area contributed by atoms with Crippen LogP contribution in [0.15, 0.2) is 18.2 Å². The van der Waals surface area contributed by atoms with Gasteiger partial charge in [0.05, 0.1) is 5.92 Å². The van der Waals surface area contributed by atoms with Gasteiger partial charge < -0.3 is 0 Å². The fourth-order valence-corrected chi connectivity index (χ4v) is 1.52. The predicted octanol–water partition coefficient (Wildman–Crippen LogP) is 2.10. The molecule has 1 aromatic rings. The second-order valence-electron chi connectivity index (χ2n) is 3.37.